The summed E-state index contributed by atoms with van der Waals surface area (Å²) < 4.78 is 0. The van der Waals surface area contributed by atoms with E-state index < -0.39 is 11.3 Å². The van der Waals surface area contributed by atoms with Crippen LogP contribution < -0.4 is 4.90 Å². The van der Waals surface area contributed by atoms with E-state index in [0.717, 1.165) is 0 Å². The predicted octanol–water partition coefficient (Wildman–Crippen LogP) is 3.65. The zero-order valence-electron chi connectivity index (χ0n) is 15.4. The number of rotatable bonds is 1. The summed E-state index contributed by atoms with van der Waals surface area (Å²) >= 11 is 0. The van der Waals surface area contributed by atoms with Crippen molar-refractivity contribution in [1.82, 2.24) is 4.98 Å². The fourth-order valence-corrected chi connectivity index (χ4v) is 5.86. The van der Waals surface area contributed by atoms with Crippen LogP contribution in [0.2, 0.25) is 0 Å². The maximum absolute atomic E-state index is 13.6. The van der Waals surface area contributed by atoms with Crippen molar-refractivity contribution >= 4 is 17.6 Å². The number of amides is 2. The van der Waals surface area contributed by atoms with Crippen molar-refractivity contribution in [3.8, 4) is 0 Å². The topological polar surface area (TPSA) is 50.3 Å². The molecular formula is C24H18N2O2. The van der Waals surface area contributed by atoms with E-state index in [9.17, 15) is 9.59 Å². The molecule has 4 aliphatic rings. The third-order valence-corrected chi connectivity index (χ3v) is 6.92. The van der Waals surface area contributed by atoms with Crippen LogP contribution in [0.4, 0.5) is 5.82 Å². The monoisotopic (exact) mass is 366 g/mol. The molecule has 0 N–H and O–H groups in total. The fourth-order valence-electron chi connectivity index (χ4n) is 5.86. The lowest BCUT2D eigenvalue weighted by atomic mass is 9.48. The van der Waals surface area contributed by atoms with Gasteiger partial charge in [0.25, 0.3) is 0 Å². The van der Waals surface area contributed by atoms with Crippen LogP contribution >= 0.6 is 0 Å². The molecule has 3 aliphatic carbocycles. The molecule has 2 heterocycles. The zero-order valence-corrected chi connectivity index (χ0v) is 15.4. The van der Waals surface area contributed by atoms with Crippen LogP contribution in [0.1, 0.15) is 35.1 Å². The number of carbonyl (C=O) groups excluding carboxylic acids is 2. The molecule has 0 spiro atoms. The van der Waals surface area contributed by atoms with Gasteiger partial charge in [0.15, 0.2) is 0 Å². The van der Waals surface area contributed by atoms with Crippen molar-refractivity contribution in [1.29, 1.82) is 0 Å². The average molecular weight is 366 g/mol. The van der Waals surface area contributed by atoms with Crippen molar-refractivity contribution in [3.63, 3.8) is 0 Å². The van der Waals surface area contributed by atoms with Gasteiger partial charge in [0, 0.05) is 17.5 Å². The Morgan fingerprint density at radius 2 is 1.43 bits per heavy atom. The normalized spacial score (nSPS) is 29.5. The van der Waals surface area contributed by atoms with Crippen LogP contribution in [-0.2, 0) is 15.0 Å². The molecule has 2 aromatic carbocycles. The van der Waals surface area contributed by atoms with Crippen LogP contribution in [0.25, 0.3) is 0 Å². The van der Waals surface area contributed by atoms with Gasteiger partial charge in [-0.15, -0.1) is 0 Å². The molecule has 28 heavy (non-hydrogen) atoms. The number of hydrogen-bond donors (Lipinski definition) is 0. The molecule has 136 valence electrons. The SMILES string of the molecule is CC12c3ccccc3C(c3ccccc31)[C@H]1C(=O)N(c3ccccn3)C(=O)[C@H]12. The van der Waals surface area contributed by atoms with Crippen molar-refractivity contribution in [3.05, 3.63) is 95.2 Å². The first-order valence-electron chi connectivity index (χ1n) is 9.61. The Balaban J connectivity index is 1.64. The maximum atomic E-state index is 13.6. The Kier molecular flexibility index (Phi) is 2.91. The van der Waals surface area contributed by atoms with Gasteiger partial charge < -0.3 is 0 Å². The number of anilines is 1. The first-order valence-corrected chi connectivity index (χ1v) is 9.61. The molecular weight excluding hydrogens is 348 g/mol. The molecule has 0 saturated carbocycles. The van der Waals surface area contributed by atoms with E-state index in [1.807, 2.05) is 30.3 Å². The van der Waals surface area contributed by atoms with Crippen LogP contribution in [-0.4, -0.2) is 16.8 Å². The number of pyridine rings is 1. The van der Waals surface area contributed by atoms with Crippen LogP contribution in [0.15, 0.2) is 72.9 Å². The van der Waals surface area contributed by atoms with E-state index in [1.165, 1.54) is 27.2 Å². The second-order valence-electron chi connectivity index (χ2n) is 8.06. The van der Waals surface area contributed by atoms with Gasteiger partial charge in [-0.05, 0) is 34.4 Å². The first kappa shape index (κ1) is 15.8. The molecule has 3 aromatic rings. The quantitative estimate of drug-likeness (QED) is 0.618. The molecule has 0 unspecified atom stereocenters. The Morgan fingerprint density at radius 3 is 2.04 bits per heavy atom. The molecule has 4 nitrogen and oxygen atoms in total. The van der Waals surface area contributed by atoms with E-state index >= 15 is 0 Å². The van der Waals surface area contributed by atoms with Gasteiger partial charge in [0.2, 0.25) is 11.8 Å². The fraction of sp³-hybridized carbons (Fsp3) is 0.208. The summed E-state index contributed by atoms with van der Waals surface area (Å²) in [4.78, 5) is 32.8. The van der Waals surface area contributed by atoms with E-state index in [2.05, 4.69) is 36.2 Å². The Morgan fingerprint density at radius 1 is 0.821 bits per heavy atom. The van der Waals surface area contributed by atoms with E-state index in [-0.39, 0.29) is 23.7 Å². The highest BCUT2D eigenvalue weighted by Gasteiger charge is 2.66. The number of imide groups is 1. The lowest BCUT2D eigenvalue weighted by molar-refractivity contribution is -0.123. The van der Waals surface area contributed by atoms with Crippen molar-refractivity contribution < 1.29 is 9.59 Å². The Hall–Kier alpha value is -3.27. The minimum atomic E-state index is -0.525. The predicted molar refractivity (Wildman–Crippen MR) is 105 cm³/mol. The molecule has 1 aliphatic heterocycles. The summed E-state index contributed by atoms with van der Waals surface area (Å²) in [5.74, 6) is -0.729. The number of hydrogen-bond acceptors (Lipinski definition) is 3. The molecule has 1 fully saturated rings. The summed E-state index contributed by atoms with van der Waals surface area (Å²) in [6.45, 7) is 2.13. The van der Waals surface area contributed by atoms with Crippen molar-refractivity contribution in [2.45, 2.75) is 18.3 Å². The van der Waals surface area contributed by atoms with E-state index in [4.69, 9.17) is 0 Å². The van der Waals surface area contributed by atoms with Gasteiger partial charge >= 0.3 is 0 Å². The Labute approximate surface area is 162 Å². The zero-order chi connectivity index (χ0) is 19.0. The average Bonchev–Trinajstić information content (AvgIpc) is 3.01. The minimum Gasteiger partial charge on any atom is -0.274 e. The van der Waals surface area contributed by atoms with Gasteiger partial charge in [-0.3, -0.25) is 9.59 Å². The first-order chi connectivity index (χ1) is 13.6. The van der Waals surface area contributed by atoms with Gasteiger partial charge in [0.1, 0.15) is 5.82 Å². The smallest absolute Gasteiger partial charge is 0.240 e. The number of nitrogens with zero attached hydrogens (tertiary/aromatic N) is 2. The molecule has 7 rings (SSSR count). The van der Waals surface area contributed by atoms with Crippen molar-refractivity contribution in [2.75, 3.05) is 4.90 Å². The number of aromatic nitrogens is 1. The van der Waals surface area contributed by atoms with Crippen LogP contribution in [0, 0.1) is 11.8 Å². The van der Waals surface area contributed by atoms with Crippen LogP contribution in [0.3, 0.4) is 0 Å². The number of carbonyl (C=O) groups is 2. The number of benzene rings is 2. The summed E-state index contributed by atoms with van der Waals surface area (Å²) in [5, 5.41) is 0. The molecule has 1 aromatic heterocycles. The summed E-state index contributed by atoms with van der Waals surface area (Å²) in [5.41, 5.74) is 4.17. The molecule has 4 heteroatoms. The highest BCUT2D eigenvalue weighted by Crippen LogP contribution is 2.63. The Bertz CT molecular complexity index is 1110. The van der Waals surface area contributed by atoms with Gasteiger partial charge in [-0.25, -0.2) is 9.88 Å². The maximum Gasteiger partial charge on any atom is 0.240 e. The summed E-state index contributed by atoms with van der Waals surface area (Å²) in [6, 6.07) is 21.9. The molecule has 0 radical (unpaired) electrons. The molecule has 1 saturated heterocycles. The van der Waals surface area contributed by atoms with Gasteiger partial charge in [-0.2, -0.15) is 0 Å². The van der Waals surface area contributed by atoms with Gasteiger partial charge in [0.05, 0.1) is 11.8 Å². The lowest BCUT2D eigenvalue weighted by Crippen LogP contribution is -2.51. The third-order valence-electron chi connectivity index (χ3n) is 6.92. The highest BCUT2D eigenvalue weighted by atomic mass is 16.2. The van der Waals surface area contributed by atoms with E-state index in [0.29, 0.717) is 5.82 Å². The highest BCUT2D eigenvalue weighted by molar-refractivity contribution is 6.23. The van der Waals surface area contributed by atoms with Crippen LogP contribution in [0.5, 0.6) is 0 Å². The largest absolute Gasteiger partial charge is 0.274 e. The molecule has 2 atom stereocenters. The second kappa shape index (κ2) is 5.16. The lowest BCUT2D eigenvalue weighted by Gasteiger charge is -2.52. The minimum absolute atomic E-state index is 0.0932. The standard InChI is InChI=1S/C24H18N2O2/c1-24-16-10-4-2-8-14(16)19(15-9-3-5-11-17(15)24)20-21(24)23(28)26(22(20)27)18-12-6-7-13-25-18/h2-13,19-21H,1H3/t19?,20-,21+,24?/m1/s1. The second-order valence-corrected chi connectivity index (χ2v) is 8.06. The molecule has 2 amide bonds. The van der Waals surface area contributed by atoms with Gasteiger partial charge in [-0.1, -0.05) is 61.5 Å². The van der Waals surface area contributed by atoms with Crippen molar-refractivity contribution in [2.24, 2.45) is 11.8 Å². The molecule has 2 bridgehead atoms. The third kappa shape index (κ3) is 1.65. The summed E-state index contributed by atoms with van der Waals surface area (Å²) in [6.07, 6.45) is 1.62. The summed E-state index contributed by atoms with van der Waals surface area (Å²) in [7, 11) is 0. The van der Waals surface area contributed by atoms with E-state index in [1.54, 1.807) is 18.3 Å².